The minimum Gasteiger partial charge on any atom is -0.507 e. The summed E-state index contributed by atoms with van der Waals surface area (Å²) in [6, 6.07) is 2.81. The number of aliphatic hydroxyl groups excluding tert-OH is 1. The van der Waals surface area contributed by atoms with Crippen LogP contribution in [0.25, 0.3) is 5.76 Å². The summed E-state index contributed by atoms with van der Waals surface area (Å²) < 4.78 is 0. The van der Waals surface area contributed by atoms with E-state index in [2.05, 4.69) is 15.0 Å². The predicted octanol–water partition coefficient (Wildman–Crippen LogP) is 1.47. The molecule has 1 amide bonds. The van der Waals surface area contributed by atoms with E-state index in [4.69, 9.17) is 0 Å². The third-order valence-corrected chi connectivity index (χ3v) is 4.68. The van der Waals surface area contributed by atoms with E-state index >= 15 is 0 Å². The van der Waals surface area contributed by atoms with E-state index in [0.29, 0.717) is 35.7 Å². The summed E-state index contributed by atoms with van der Waals surface area (Å²) in [5, 5.41) is 11.0. The highest BCUT2D eigenvalue weighted by molar-refractivity contribution is 6.46. The number of aryl methyl sites for hydroxylation is 2. The van der Waals surface area contributed by atoms with Crippen LogP contribution < -0.4 is 0 Å². The molecule has 0 radical (unpaired) electrons. The summed E-state index contributed by atoms with van der Waals surface area (Å²) in [5.41, 5.74) is 1.57. The van der Waals surface area contributed by atoms with Crippen LogP contribution in [0.1, 0.15) is 28.7 Å². The van der Waals surface area contributed by atoms with E-state index in [1.165, 1.54) is 11.1 Å². The fourth-order valence-corrected chi connectivity index (χ4v) is 3.26. The summed E-state index contributed by atoms with van der Waals surface area (Å²) in [5.74, 6) is -1.06. The van der Waals surface area contributed by atoms with Crippen LogP contribution in [-0.4, -0.2) is 68.7 Å². The zero-order valence-electron chi connectivity index (χ0n) is 16.4. The van der Waals surface area contributed by atoms with Crippen molar-refractivity contribution >= 4 is 17.4 Å². The molecule has 146 valence electrons. The van der Waals surface area contributed by atoms with Gasteiger partial charge < -0.3 is 14.9 Å². The summed E-state index contributed by atoms with van der Waals surface area (Å²) in [6.07, 6.45) is 4.69. The molecule has 1 N–H and O–H groups in total. The van der Waals surface area contributed by atoms with E-state index in [1.807, 2.05) is 19.0 Å². The van der Waals surface area contributed by atoms with Crippen molar-refractivity contribution in [2.24, 2.45) is 0 Å². The second kappa shape index (κ2) is 7.85. The topological polar surface area (TPSA) is 99.5 Å². The average molecular weight is 381 g/mol. The van der Waals surface area contributed by atoms with Gasteiger partial charge >= 0.3 is 0 Å². The van der Waals surface area contributed by atoms with Crippen molar-refractivity contribution in [1.29, 1.82) is 0 Å². The van der Waals surface area contributed by atoms with Crippen molar-refractivity contribution in [2.45, 2.75) is 19.9 Å². The Hall–Kier alpha value is -3.13. The number of hydrogen-bond donors (Lipinski definition) is 1. The van der Waals surface area contributed by atoms with Crippen LogP contribution >= 0.6 is 0 Å². The Kier molecular flexibility index (Phi) is 5.51. The van der Waals surface area contributed by atoms with Crippen LogP contribution in [0.5, 0.6) is 0 Å². The normalized spacial score (nSPS) is 18.9. The third-order valence-electron chi connectivity index (χ3n) is 4.68. The van der Waals surface area contributed by atoms with Gasteiger partial charge in [0.2, 0.25) is 0 Å². The first-order valence-electron chi connectivity index (χ1n) is 8.95. The molecule has 0 spiro atoms. The fourth-order valence-electron chi connectivity index (χ4n) is 3.26. The molecule has 1 fully saturated rings. The number of ketones is 1. The van der Waals surface area contributed by atoms with Crippen molar-refractivity contribution < 1.29 is 14.7 Å². The Bertz CT molecular complexity index is 940. The number of likely N-dealkylation sites (tertiary alicyclic amines) is 1. The highest BCUT2D eigenvalue weighted by Gasteiger charge is 2.46. The lowest BCUT2D eigenvalue weighted by atomic mass is 9.96. The SMILES string of the molecule is Cc1ncc(C(O)=C2C(=O)C(=O)N(CCN(C)C)[C@H]2c2cccnc2)c(C)n1. The lowest BCUT2D eigenvalue weighted by molar-refractivity contribution is -0.140. The smallest absolute Gasteiger partial charge is 0.295 e. The van der Waals surface area contributed by atoms with E-state index < -0.39 is 17.7 Å². The van der Waals surface area contributed by atoms with Crippen molar-refractivity contribution in [1.82, 2.24) is 24.8 Å². The van der Waals surface area contributed by atoms with Crippen LogP contribution in [0.3, 0.4) is 0 Å². The largest absolute Gasteiger partial charge is 0.507 e. The number of aromatic nitrogens is 3. The molecule has 8 nitrogen and oxygen atoms in total. The number of pyridine rings is 1. The van der Waals surface area contributed by atoms with E-state index in [1.54, 1.807) is 38.4 Å². The number of carbonyl (C=O) groups is 2. The quantitative estimate of drug-likeness (QED) is 0.476. The molecule has 0 saturated carbocycles. The predicted molar refractivity (Wildman–Crippen MR) is 103 cm³/mol. The van der Waals surface area contributed by atoms with Gasteiger partial charge in [-0.1, -0.05) is 6.07 Å². The number of hydrogen-bond acceptors (Lipinski definition) is 7. The maximum atomic E-state index is 12.9. The molecule has 0 unspecified atom stereocenters. The number of likely N-dealkylation sites (N-methyl/N-ethyl adjacent to an activating group) is 1. The number of carbonyl (C=O) groups excluding carboxylic acids is 2. The van der Waals surface area contributed by atoms with Gasteiger partial charge in [0, 0.05) is 31.7 Å². The molecule has 1 aliphatic rings. The van der Waals surface area contributed by atoms with Crippen molar-refractivity contribution in [2.75, 3.05) is 27.2 Å². The highest BCUT2D eigenvalue weighted by Crippen LogP contribution is 2.39. The third kappa shape index (κ3) is 3.63. The first-order chi connectivity index (χ1) is 13.3. The lowest BCUT2D eigenvalue weighted by Crippen LogP contribution is -2.35. The molecule has 3 rings (SSSR count). The maximum absolute atomic E-state index is 12.9. The molecule has 0 aromatic carbocycles. The van der Waals surface area contributed by atoms with Gasteiger partial charge in [-0.05, 0) is 39.6 Å². The number of nitrogens with zero attached hydrogens (tertiary/aromatic N) is 5. The van der Waals surface area contributed by atoms with Crippen molar-refractivity contribution in [3.63, 3.8) is 0 Å². The number of rotatable bonds is 5. The zero-order chi connectivity index (χ0) is 20.4. The fraction of sp³-hybridized carbons (Fsp3) is 0.350. The second-order valence-corrected chi connectivity index (χ2v) is 7.00. The summed E-state index contributed by atoms with van der Waals surface area (Å²) in [6.45, 7) is 4.39. The van der Waals surface area contributed by atoms with E-state index in [9.17, 15) is 14.7 Å². The molecule has 0 aliphatic carbocycles. The van der Waals surface area contributed by atoms with Gasteiger partial charge in [0.25, 0.3) is 11.7 Å². The van der Waals surface area contributed by atoms with Gasteiger partial charge in [-0.3, -0.25) is 14.6 Å². The number of Topliss-reactive ketones (excluding diaryl/α,β-unsaturated/α-hetero) is 1. The van der Waals surface area contributed by atoms with Crippen molar-refractivity contribution in [3.05, 3.63) is 58.9 Å². The molecular weight excluding hydrogens is 358 g/mol. The van der Waals surface area contributed by atoms with Gasteiger partial charge in [-0.25, -0.2) is 9.97 Å². The molecule has 1 aliphatic heterocycles. The zero-order valence-corrected chi connectivity index (χ0v) is 16.4. The van der Waals surface area contributed by atoms with Gasteiger partial charge in [-0.15, -0.1) is 0 Å². The number of aliphatic hydroxyl groups is 1. The molecule has 0 bridgehead atoms. The van der Waals surface area contributed by atoms with E-state index in [-0.39, 0.29) is 11.3 Å². The minimum atomic E-state index is -0.718. The molecule has 2 aromatic heterocycles. The van der Waals surface area contributed by atoms with E-state index in [0.717, 1.165) is 0 Å². The highest BCUT2D eigenvalue weighted by atomic mass is 16.3. The second-order valence-electron chi connectivity index (χ2n) is 7.00. The first-order valence-corrected chi connectivity index (χ1v) is 8.95. The average Bonchev–Trinajstić information content (AvgIpc) is 2.91. The Morgan fingerprint density at radius 1 is 1.25 bits per heavy atom. The molecule has 1 atom stereocenters. The van der Waals surface area contributed by atoms with Gasteiger partial charge in [0.05, 0.1) is 22.9 Å². The molecule has 3 heterocycles. The molecule has 28 heavy (non-hydrogen) atoms. The van der Waals surface area contributed by atoms with Crippen LogP contribution in [0.4, 0.5) is 0 Å². The number of amides is 1. The Morgan fingerprint density at radius 2 is 2.00 bits per heavy atom. The minimum absolute atomic E-state index is 0.0345. The molecule has 2 aromatic rings. The molecule has 1 saturated heterocycles. The molecule has 8 heteroatoms. The Labute approximate surface area is 163 Å². The lowest BCUT2D eigenvalue weighted by Gasteiger charge is -2.26. The van der Waals surface area contributed by atoms with Gasteiger partial charge in [0.1, 0.15) is 11.6 Å². The van der Waals surface area contributed by atoms with Crippen LogP contribution in [0.15, 0.2) is 36.3 Å². The standard InChI is InChI=1S/C20H23N5O3/c1-12-15(11-22-13(2)23-12)18(26)16-17(14-6-5-7-21-10-14)25(9-8-24(3)4)20(28)19(16)27/h5-7,10-11,17,26H,8-9H2,1-4H3/t17-/m0/s1. The van der Waals surface area contributed by atoms with Crippen LogP contribution in [0.2, 0.25) is 0 Å². The molecular formula is C20H23N5O3. The Morgan fingerprint density at radius 3 is 2.61 bits per heavy atom. The first kappa shape index (κ1) is 19.6. The Balaban J connectivity index is 2.16. The summed E-state index contributed by atoms with van der Waals surface area (Å²) in [7, 11) is 3.78. The van der Waals surface area contributed by atoms with Crippen LogP contribution in [-0.2, 0) is 9.59 Å². The van der Waals surface area contributed by atoms with Crippen LogP contribution in [0, 0.1) is 13.8 Å². The summed E-state index contributed by atoms with van der Waals surface area (Å²) >= 11 is 0. The van der Waals surface area contributed by atoms with Gasteiger partial charge in [-0.2, -0.15) is 0 Å². The summed E-state index contributed by atoms with van der Waals surface area (Å²) in [4.78, 5) is 41.5. The maximum Gasteiger partial charge on any atom is 0.295 e. The monoisotopic (exact) mass is 381 g/mol. The van der Waals surface area contributed by atoms with Crippen molar-refractivity contribution in [3.8, 4) is 0 Å². The van der Waals surface area contributed by atoms with Gasteiger partial charge in [0.15, 0.2) is 0 Å².